The number of hydrogen-bond donors (Lipinski definition) is 0. The first-order chi connectivity index (χ1) is 13.3. The molecule has 0 unspecified atom stereocenters. The van der Waals surface area contributed by atoms with Crippen LogP contribution < -0.4 is 4.74 Å². The Hall–Kier alpha value is -2.77. The molecule has 0 bridgehead atoms. The number of hydrogen-bond acceptors (Lipinski definition) is 5. The number of rotatable bonds is 6. The minimum absolute atomic E-state index is 0.0396. The summed E-state index contributed by atoms with van der Waals surface area (Å²) in [6, 6.07) is 14.2. The van der Waals surface area contributed by atoms with Gasteiger partial charge in [0.25, 0.3) is 0 Å². The molecule has 2 aromatic carbocycles. The number of carbonyl (C=O) groups excluding carboxylic acids is 1. The van der Waals surface area contributed by atoms with Crippen molar-refractivity contribution in [2.75, 3.05) is 13.4 Å². The molecule has 0 atom stereocenters. The van der Waals surface area contributed by atoms with Crippen LogP contribution >= 0.6 is 11.3 Å². The molecule has 7 heteroatoms. The maximum absolute atomic E-state index is 13.0. The largest absolute Gasteiger partial charge is 0.495 e. The highest BCUT2D eigenvalue weighted by Crippen LogP contribution is 2.29. The molecule has 0 amide bonds. The fraction of sp³-hybridized carbons (Fsp3) is 0.0952. The van der Waals surface area contributed by atoms with Crippen LogP contribution in [0, 0.1) is 5.82 Å². The van der Waals surface area contributed by atoms with Crippen molar-refractivity contribution in [1.29, 1.82) is 0 Å². The summed E-state index contributed by atoms with van der Waals surface area (Å²) in [4.78, 5) is 14.3. The Morgan fingerprint density at radius 2 is 1.79 bits per heavy atom. The van der Waals surface area contributed by atoms with Crippen molar-refractivity contribution in [1.82, 2.24) is 0 Å². The molecule has 0 saturated carbocycles. The van der Waals surface area contributed by atoms with Gasteiger partial charge in [0.2, 0.25) is 0 Å². The van der Waals surface area contributed by atoms with E-state index in [9.17, 15) is 17.6 Å². The normalized spacial score (nSPS) is 11.7. The molecule has 144 valence electrons. The first-order valence-corrected chi connectivity index (χ1v) is 10.9. The van der Waals surface area contributed by atoms with Crippen LogP contribution in [0.5, 0.6) is 5.75 Å². The topological polar surface area (TPSA) is 60.4 Å². The summed E-state index contributed by atoms with van der Waals surface area (Å²) in [6.45, 7) is 0. The van der Waals surface area contributed by atoms with Gasteiger partial charge in [-0.3, -0.25) is 4.79 Å². The van der Waals surface area contributed by atoms with Gasteiger partial charge in [-0.2, -0.15) is 0 Å². The minimum atomic E-state index is -3.45. The Labute approximate surface area is 166 Å². The van der Waals surface area contributed by atoms with Gasteiger partial charge in [0.15, 0.2) is 15.6 Å². The van der Waals surface area contributed by atoms with Crippen LogP contribution in [0.15, 0.2) is 65.6 Å². The van der Waals surface area contributed by atoms with Gasteiger partial charge in [0, 0.05) is 21.6 Å². The summed E-state index contributed by atoms with van der Waals surface area (Å²) in [5.41, 5.74) is 1.23. The van der Waals surface area contributed by atoms with Crippen molar-refractivity contribution in [2.24, 2.45) is 0 Å². The first-order valence-electron chi connectivity index (χ1n) is 8.24. The highest BCUT2D eigenvalue weighted by atomic mass is 32.2. The molecule has 0 radical (unpaired) electrons. The molecule has 0 saturated heterocycles. The third kappa shape index (κ3) is 4.55. The second kappa shape index (κ2) is 8.08. The number of sulfone groups is 1. The zero-order chi connectivity index (χ0) is 20.3. The van der Waals surface area contributed by atoms with Gasteiger partial charge in [-0.1, -0.05) is 12.1 Å². The zero-order valence-electron chi connectivity index (χ0n) is 15.2. The van der Waals surface area contributed by atoms with E-state index >= 15 is 0 Å². The molecule has 0 fully saturated rings. The van der Waals surface area contributed by atoms with Crippen molar-refractivity contribution in [3.8, 4) is 16.2 Å². The molecule has 0 aliphatic rings. The SMILES string of the molecule is COc1cc(C(=O)/C=C/c2ccc(-c3ccc(F)cc3)s2)ccc1S(C)(=O)=O. The van der Waals surface area contributed by atoms with E-state index in [1.54, 1.807) is 18.2 Å². The van der Waals surface area contributed by atoms with Crippen LogP contribution in [0.4, 0.5) is 4.39 Å². The molecule has 0 spiro atoms. The molecule has 3 aromatic rings. The molecule has 0 N–H and O–H groups in total. The predicted molar refractivity (Wildman–Crippen MR) is 109 cm³/mol. The Bertz CT molecular complexity index is 1140. The number of thiophene rings is 1. The third-order valence-electron chi connectivity index (χ3n) is 4.00. The lowest BCUT2D eigenvalue weighted by molar-refractivity contribution is 0.104. The predicted octanol–water partition coefficient (Wildman–Crippen LogP) is 4.86. The van der Waals surface area contributed by atoms with Crippen LogP contribution in [-0.2, 0) is 9.84 Å². The van der Waals surface area contributed by atoms with Crippen LogP contribution in [0.1, 0.15) is 15.2 Å². The van der Waals surface area contributed by atoms with Crippen LogP contribution in [0.3, 0.4) is 0 Å². The maximum atomic E-state index is 13.0. The van der Waals surface area contributed by atoms with E-state index in [-0.39, 0.29) is 22.2 Å². The fourth-order valence-corrected chi connectivity index (χ4v) is 4.33. The minimum Gasteiger partial charge on any atom is -0.495 e. The summed E-state index contributed by atoms with van der Waals surface area (Å²) in [5.74, 6) is -0.421. The Morgan fingerprint density at radius 3 is 2.43 bits per heavy atom. The second-order valence-corrected chi connectivity index (χ2v) is 9.14. The zero-order valence-corrected chi connectivity index (χ0v) is 16.8. The number of ether oxygens (including phenoxy) is 1. The highest BCUT2D eigenvalue weighted by molar-refractivity contribution is 7.90. The van der Waals surface area contributed by atoms with Crippen molar-refractivity contribution >= 4 is 33.0 Å². The molecule has 0 aliphatic heterocycles. The highest BCUT2D eigenvalue weighted by Gasteiger charge is 2.16. The standard InChI is InChI=1S/C21H17FO4S2/c1-26-19-13-15(5-12-21(19)28(2,24)25)18(23)10-8-17-9-11-20(27-17)14-3-6-16(22)7-4-14/h3-13H,1-2H3/b10-8+. The van der Waals surface area contributed by atoms with E-state index in [1.165, 1.54) is 54.9 Å². The average molecular weight is 416 g/mol. The summed E-state index contributed by atoms with van der Waals surface area (Å²) in [7, 11) is -2.09. The summed E-state index contributed by atoms with van der Waals surface area (Å²) >= 11 is 1.48. The molecule has 4 nitrogen and oxygen atoms in total. The number of ketones is 1. The summed E-state index contributed by atoms with van der Waals surface area (Å²) in [5, 5.41) is 0. The van der Waals surface area contributed by atoms with E-state index in [4.69, 9.17) is 4.74 Å². The molecule has 0 aliphatic carbocycles. The van der Waals surface area contributed by atoms with Crippen molar-refractivity contribution in [3.63, 3.8) is 0 Å². The monoisotopic (exact) mass is 416 g/mol. The first kappa shape index (κ1) is 20.0. The average Bonchev–Trinajstić information content (AvgIpc) is 3.14. The van der Waals surface area contributed by atoms with E-state index in [0.29, 0.717) is 5.56 Å². The number of methoxy groups -OCH3 is 1. The molecular weight excluding hydrogens is 399 g/mol. The molecule has 3 rings (SSSR count). The Balaban J connectivity index is 1.80. The van der Waals surface area contributed by atoms with E-state index < -0.39 is 9.84 Å². The van der Waals surface area contributed by atoms with Crippen molar-refractivity contribution in [2.45, 2.75) is 4.90 Å². The summed E-state index contributed by atoms with van der Waals surface area (Å²) < 4.78 is 41.6. The van der Waals surface area contributed by atoms with Gasteiger partial charge in [-0.25, -0.2) is 12.8 Å². The Kier molecular flexibility index (Phi) is 5.76. The second-order valence-electron chi connectivity index (χ2n) is 6.04. The molecular formula is C21H17FO4S2. The van der Waals surface area contributed by atoms with Gasteiger partial charge in [0.1, 0.15) is 16.5 Å². The van der Waals surface area contributed by atoms with E-state index in [1.807, 2.05) is 12.1 Å². The van der Waals surface area contributed by atoms with E-state index in [0.717, 1.165) is 21.6 Å². The molecule has 1 aromatic heterocycles. The quantitative estimate of drug-likeness (QED) is 0.425. The number of carbonyl (C=O) groups is 1. The van der Waals surface area contributed by atoms with Crippen LogP contribution in [-0.4, -0.2) is 27.6 Å². The molecule has 1 heterocycles. The van der Waals surface area contributed by atoms with Crippen molar-refractivity contribution < 1.29 is 22.3 Å². The maximum Gasteiger partial charge on any atom is 0.186 e. The number of allylic oxidation sites excluding steroid dienone is 1. The lowest BCUT2D eigenvalue weighted by atomic mass is 10.1. The number of halogens is 1. The van der Waals surface area contributed by atoms with Crippen molar-refractivity contribution in [3.05, 3.63) is 76.9 Å². The van der Waals surface area contributed by atoms with Gasteiger partial charge in [0.05, 0.1) is 7.11 Å². The van der Waals surface area contributed by atoms with E-state index in [2.05, 4.69) is 0 Å². The fourth-order valence-electron chi connectivity index (χ4n) is 2.59. The lowest BCUT2D eigenvalue weighted by Gasteiger charge is -2.07. The van der Waals surface area contributed by atoms with Crippen LogP contribution in [0.25, 0.3) is 16.5 Å². The van der Waals surface area contributed by atoms with Gasteiger partial charge in [-0.05, 0) is 60.2 Å². The van der Waals surface area contributed by atoms with Gasteiger partial charge in [-0.15, -0.1) is 11.3 Å². The lowest BCUT2D eigenvalue weighted by Crippen LogP contribution is -2.03. The number of benzene rings is 2. The third-order valence-corrected chi connectivity index (χ3v) is 6.24. The smallest absolute Gasteiger partial charge is 0.186 e. The Morgan fingerprint density at radius 1 is 1.07 bits per heavy atom. The molecule has 28 heavy (non-hydrogen) atoms. The summed E-state index contributed by atoms with van der Waals surface area (Å²) in [6.07, 6.45) is 4.20. The van der Waals surface area contributed by atoms with Crippen LogP contribution in [0.2, 0.25) is 0 Å². The van der Waals surface area contributed by atoms with Gasteiger partial charge < -0.3 is 4.74 Å². The van der Waals surface area contributed by atoms with Gasteiger partial charge >= 0.3 is 0 Å².